The van der Waals surface area contributed by atoms with Crippen molar-refractivity contribution < 1.29 is 4.79 Å². The van der Waals surface area contributed by atoms with Crippen molar-refractivity contribution in [1.29, 1.82) is 0 Å². The Labute approximate surface area is 89.1 Å². The summed E-state index contributed by atoms with van der Waals surface area (Å²) in [5.41, 5.74) is 4.26. The zero-order valence-electron chi connectivity index (χ0n) is 8.27. The van der Waals surface area contributed by atoms with Crippen LogP contribution >= 0.6 is 11.6 Å². The first-order chi connectivity index (χ1) is 6.74. The maximum absolute atomic E-state index is 11.0. The van der Waals surface area contributed by atoms with Crippen LogP contribution in [0.5, 0.6) is 0 Å². The lowest BCUT2D eigenvalue weighted by atomic mass is 9.86. The number of hydrogen-bond acceptors (Lipinski definition) is 1. The lowest BCUT2D eigenvalue weighted by molar-refractivity contribution is 0.112. The van der Waals surface area contributed by atoms with Gasteiger partial charge in [0, 0.05) is 10.6 Å². The van der Waals surface area contributed by atoms with Crippen molar-refractivity contribution in [2.45, 2.75) is 32.6 Å². The van der Waals surface area contributed by atoms with Gasteiger partial charge in [0.05, 0.1) is 0 Å². The number of halogens is 1. The van der Waals surface area contributed by atoms with Gasteiger partial charge in [-0.1, -0.05) is 11.6 Å². The van der Waals surface area contributed by atoms with Gasteiger partial charge in [-0.25, -0.2) is 0 Å². The molecule has 1 aliphatic rings. The van der Waals surface area contributed by atoms with E-state index >= 15 is 0 Å². The third-order valence-corrected chi connectivity index (χ3v) is 3.41. The summed E-state index contributed by atoms with van der Waals surface area (Å²) < 4.78 is 0. The highest BCUT2D eigenvalue weighted by molar-refractivity contribution is 6.31. The number of hydrogen-bond donors (Lipinski definition) is 0. The highest BCUT2D eigenvalue weighted by Crippen LogP contribution is 2.30. The van der Waals surface area contributed by atoms with Gasteiger partial charge in [-0.3, -0.25) is 4.79 Å². The SMILES string of the molecule is Cc1c(Cl)cc2c(c1C=O)CCCC2. The van der Waals surface area contributed by atoms with Gasteiger partial charge in [-0.15, -0.1) is 0 Å². The molecule has 14 heavy (non-hydrogen) atoms. The van der Waals surface area contributed by atoms with Gasteiger partial charge in [-0.2, -0.15) is 0 Å². The summed E-state index contributed by atoms with van der Waals surface area (Å²) in [5, 5.41) is 0.729. The Balaban J connectivity index is 2.65. The molecule has 2 heteroatoms. The van der Waals surface area contributed by atoms with Gasteiger partial charge in [0.1, 0.15) is 0 Å². The van der Waals surface area contributed by atoms with Crippen LogP contribution in [0.4, 0.5) is 0 Å². The molecule has 0 spiro atoms. The molecule has 0 aliphatic heterocycles. The second-order valence-corrected chi connectivity index (χ2v) is 4.27. The van der Waals surface area contributed by atoms with Crippen LogP contribution in [0, 0.1) is 6.92 Å². The second-order valence-electron chi connectivity index (χ2n) is 3.86. The molecule has 0 aromatic heterocycles. The lowest BCUT2D eigenvalue weighted by Gasteiger charge is -2.19. The van der Waals surface area contributed by atoms with E-state index in [-0.39, 0.29) is 0 Å². The fourth-order valence-corrected chi connectivity index (χ4v) is 2.40. The summed E-state index contributed by atoms with van der Waals surface area (Å²) in [6, 6.07) is 2.03. The molecule has 0 fully saturated rings. The van der Waals surface area contributed by atoms with E-state index in [0.29, 0.717) is 0 Å². The highest BCUT2D eigenvalue weighted by atomic mass is 35.5. The van der Waals surface area contributed by atoms with Crippen molar-refractivity contribution in [1.82, 2.24) is 0 Å². The third-order valence-electron chi connectivity index (χ3n) is 3.02. The van der Waals surface area contributed by atoms with E-state index in [9.17, 15) is 4.79 Å². The summed E-state index contributed by atoms with van der Waals surface area (Å²) >= 11 is 6.07. The minimum Gasteiger partial charge on any atom is -0.298 e. The van der Waals surface area contributed by atoms with Crippen LogP contribution in [0.1, 0.15) is 39.9 Å². The molecule has 0 saturated carbocycles. The summed E-state index contributed by atoms with van der Waals surface area (Å²) in [6.07, 6.45) is 5.45. The number of benzene rings is 1. The fraction of sp³-hybridized carbons (Fsp3) is 0.417. The van der Waals surface area contributed by atoms with Crippen LogP contribution in [0.2, 0.25) is 5.02 Å². The molecule has 0 heterocycles. The molecule has 0 radical (unpaired) electrons. The minimum absolute atomic E-state index is 0.729. The van der Waals surface area contributed by atoms with Gasteiger partial charge >= 0.3 is 0 Å². The molecule has 0 saturated heterocycles. The molecule has 0 N–H and O–H groups in total. The molecular formula is C12H13ClO. The summed E-state index contributed by atoms with van der Waals surface area (Å²) in [4.78, 5) is 11.0. The van der Waals surface area contributed by atoms with E-state index in [2.05, 4.69) is 0 Å². The van der Waals surface area contributed by atoms with E-state index in [0.717, 1.165) is 35.3 Å². The van der Waals surface area contributed by atoms with Crippen LogP contribution < -0.4 is 0 Å². The van der Waals surface area contributed by atoms with Gasteiger partial charge in [-0.05, 0) is 55.4 Å². The Bertz CT molecular complexity index is 382. The zero-order chi connectivity index (χ0) is 10.1. The first-order valence-electron chi connectivity index (χ1n) is 5.00. The average molecular weight is 209 g/mol. The standard InChI is InChI=1S/C12H13ClO/c1-8-11(7-14)10-5-3-2-4-9(10)6-12(8)13/h6-7H,2-5H2,1H3. The van der Waals surface area contributed by atoms with Crippen LogP contribution in [-0.2, 0) is 12.8 Å². The Morgan fingerprint density at radius 1 is 1.36 bits per heavy atom. The topological polar surface area (TPSA) is 17.1 Å². The van der Waals surface area contributed by atoms with Gasteiger partial charge in [0.2, 0.25) is 0 Å². The summed E-state index contributed by atoms with van der Waals surface area (Å²) in [5.74, 6) is 0. The molecular weight excluding hydrogens is 196 g/mol. The number of carbonyl (C=O) groups is 1. The second kappa shape index (κ2) is 3.74. The summed E-state index contributed by atoms with van der Waals surface area (Å²) in [6.45, 7) is 1.92. The van der Waals surface area contributed by atoms with E-state index in [4.69, 9.17) is 11.6 Å². The van der Waals surface area contributed by atoms with E-state index in [1.54, 1.807) is 0 Å². The third kappa shape index (κ3) is 1.46. The molecule has 0 bridgehead atoms. The molecule has 0 unspecified atom stereocenters. The molecule has 2 rings (SSSR count). The van der Waals surface area contributed by atoms with Crippen molar-refractivity contribution >= 4 is 17.9 Å². The van der Waals surface area contributed by atoms with Crippen molar-refractivity contribution in [3.05, 3.63) is 33.3 Å². The highest BCUT2D eigenvalue weighted by Gasteiger charge is 2.16. The Morgan fingerprint density at radius 3 is 2.79 bits per heavy atom. The number of carbonyl (C=O) groups excluding carboxylic acids is 1. The van der Waals surface area contributed by atoms with Crippen molar-refractivity contribution in [2.75, 3.05) is 0 Å². The van der Waals surface area contributed by atoms with Gasteiger partial charge in [0.15, 0.2) is 6.29 Å². The molecule has 1 aliphatic carbocycles. The summed E-state index contributed by atoms with van der Waals surface area (Å²) in [7, 11) is 0. The predicted molar refractivity (Wildman–Crippen MR) is 58.2 cm³/mol. The smallest absolute Gasteiger partial charge is 0.150 e. The zero-order valence-corrected chi connectivity index (χ0v) is 9.03. The maximum Gasteiger partial charge on any atom is 0.150 e. The Morgan fingerprint density at radius 2 is 2.07 bits per heavy atom. The van der Waals surface area contributed by atoms with E-state index in [1.165, 1.54) is 24.0 Å². The maximum atomic E-state index is 11.0. The monoisotopic (exact) mass is 208 g/mol. The number of aldehydes is 1. The largest absolute Gasteiger partial charge is 0.298 e. The minimum atomic E-state index is 0.729. The fourth-order valence-electron chi connectivity index (χ4n) is 2.17. The molecule has 1 aromatic carbocycles. The van der Waals surface area contributed by atoms with Gasteiger partial charge in [0.25, 0.3) is 0 Å². The molecule has 0 amide bonds. The first kappa shape index (κ1) is 9.72. The number of fused-ring (bicyclic) bond motifs is 1. The predicted octanol–water partition coefficient (Wildman–Crippen LogP) is 3.34. The molecule has 0 atom stereocenters. The van der Waals surface area contributed by atoms with Crippen molar-refractivity contribution in [3.8, 4) is 0 Å². The van der Waals surface area contributed by atoms with Gasteiger partial charge < -0.3 is 0 Å². The van der Waals surface area contributed by atoms with Crippen LogP contribution in [0.15, 0.2) is 6.07 Å². The first-order valence-corrected chi connectivity index (χ1v) is 5.38. The molecule has 1 nitrogen and oxygen atoms in total. The van der Waals surface area contributed by atoms with Crippen LogP contribution in [0.25, 0.3) is 0 Å². The molecule has 74 valence electrons. The average Bonchev–Trinajstić information content (AvgIpc) is 2.20. The number of rotatable bonds is 1. The molecule has 1 aromatic rings. The van der Waals surface area contributed by atoms with Crippen molar-refractivity contribution in [2.24, 2.45) is 0 Å². The van der Waals surface area contributed by atoms with Crippen LogP contribution in [-0.4, -0.2) is 6.29 Å². The van der Waals surface area contributed by atoms with E-state index in [1.807, 2.05) is 13.0 Å². The Hall–Kier alpha value is -0.820. The lowest BCUT2D eigenvalue weighted by Crippen LogP contribution is -2.08. The van der Waals surface area contributed by atoms with Crippen LogP contribution in [0.3, 0.4) is 0 Å². The van der Waals surface area contributed by atoms with Crippen molar-refractivity contribution in [3.63, 3.8) is 0 Å². The number of aryl methyl sites for hydroxylation is 1. The normalized spacial score (nSPS) is 15.0. The quantitative estimate of drug-likeness (QED) is 0.647. The Kier molecular flexibility index (Phi) is 2.60. The van der Waals surface area contributed by atoms with E-state index < -0.39 is 0 Å².